The van der Waals surface area contributed by atoms with Crippen LogP contribution in [-0.2, 0) is 35.4 Å². The van der Waals surface area contributed by atoms with Gasteiger partial charge in [0, 0.05) is 75.5 Å². The number of likely N-dealkylation sites (N-methyl/N-ethyl adjacent to an activating group) is 1. The van der Waals surface area contributed by atoms with Gasteiger partial charge in [-0.15, -0.1) is 0 Å². The lowest BCUT2D eigenvalue weighted by atomic mass is 9.71. The fraction of sp³-hybridized carbons (Fsp3) is 0.383. The first-order valence-electron chi connectivity index (χ1n) is 20.6. The molecular formula is C47H52N6O9. The molecule has 8 rings (SSSR count). The van der Waals surface area contributed by atoms with Crippen molar-refractivity contribution in [3.05, 3.63) is 105 Å². The van der Waals surface area contributed by atoms with Gasteiger partial charge in [0.15, 0.2) is 23.0 Å². The summed E-state index contributed by atoms with van der Waals surface area (Å²) in [7, 11) is 8.07. The van der Waals surface area contributed by atoms with Crippen LogP contribution in [0.4, 0.5) is 4.79 Å². The van der Waals surface area contributed by atoms with Crippen molar-refractivity contribution in [2.45, 2.75) is 76.0 Å². The number of carbonyl (C=O) groups is 2. The van der Waals surface area contributed by atoms with E-state index in [1.54, 1.807) is 21.1 Å². The molecule has 0 radical (unpaired) electrons. The first-order valence-corrected chi connectivity index (χ1v) is 20.6. The molecule has 5 N–H and O–H groups in total. The van der Waals surface area contributed by atoms with E-state index in [2.05, 4.69) is 31.5 Å². The van der Waals surface area contributed by atoms with E-state index in [1.807, 2.05) is 74.8 Å². The number of alkyl carbamates (subject to hydrolysis) is 1. The van der Waals surface area contributed by atoms with Gasteiger partial charge in [0.2, 0.25) is 5.91 Å². The van der Waals surface area contributed by atoms with Gasteiger partial charge >= 0.3 is 6.09 Å². The van der Waals surface area contributed by atoms with Gasteiger partial charge in [-0.05, 0) is 50.9 Å². The third-order valence-corrected chi connectivity index (χ3v) is 13.1. The highest BCUT2D eigenvalue weighted by atomic mass is 16.5. The van der Waals surface area contributed by atoms with Crippen LogP contribution in [0.2, 0.25) is 0 Å². The van der Waals surface area contributed by atoms with E-state index in [0.29, 0.717) is 57.9 Å². The van der Waals surface area contributed by atoms with E-state index in [4.69, 9.17) is 23.7 Å². The van der Waals surface area contributed by atoms with Gasteiger partial charge < -0.3 is 49.5 Å². The second-order valence-corrected chi connectivity index (χ2v) is 16.1. The number of para-hydroxylation sites is 1. The van der Waals surface area contributed by atoms with Gasteiger partial charge in [0.25, 0.3) is 0 Å². The zero-order valence-electron chi connectivity index (χ0n) is 35.9. The minimum Gasteiger partial charge on any atom is -0.504 e. The molecule has 2 amide bonds. The lowest BCUT2D eigenvalue weighted by molar-refractivity contribution is -0.124. The number of methoxy groups -OCH3 is 4. The van der Waals surface area contributed by atoms with Crippen molar-refractivity contribution in [3.63, 3.8) is 0 Å². The summed E-state index contributed by atoms with van der Waals surface area (Å²) in [5.74, 6) is 0.974. The Kier molecular flexibility index (Phi) is 11.6. The largest absolute Gasteiger partial charge is 0.504 e. The second-order valence-electron chi connectivity index (χ2n) is 16.1. The number of H-pyrrole nitrogens is 1. The van der Waals surface area contributed by atoms with Gasteiger partial charge in [-0.1, -0.05) is 48.5 Å². The van der Waals surface area contributed by atoms with E-state index in [0.717, 1.165) is 27.6 Å². The van der Waals surface area contributed by atoms with E-state index in [9.17, 15) is 25.1 Å². The molecule has 0 aliphatic carbocycles. The van der Waals surface area contributed by atoms with Gasteiger partial charge in [0.1, 0.15) is 30.2 Å². The topological polar surface area (TPSA) is 191 Å². The first kappa shape index (κ1) is 42.1. The van der Waals surface area contributed by atoms with Crippen molar-refractivity contribution in [1.82, 2.24) is 25.4 Å². The Bertz CT molecular complexity index is 2570. The van der Waals surface area contributed by atoms with E-state index >= 15 is 0 Å². The van der Waals surface area contributed by atoms with Crippen LogP contribution in [0, 0.1) is 25.2 Å². The van der Waals surface area contributed by atoms with Crippen molar-refractivity contribution >= 4 is 22.9 Å². The molecule has 3 aliphatic heterocycles. The number of nitrogens with zero attached hydrogens (tertiary/aromatic N) is 3. The third-order valence-electron chi connectivity index (χ3n) is 13.1. The Hall–Kier alpha value is -6.63. The van der Waals surface area contributed by atoms with Gasteiger partial charge in [-0.25, -0.2) is 4.79 Å². The summed E-state index contributed by atoms with van der Waals surface area (Å²) < 4.78 is 29.1. The Morgan fingerprint density at radius 3 is 2.10 bits per heavy atom. The van der Waals surface area contributed by atoms with Crippen LogP contribution in [0.5, 0.6) is 34.5 Å². The number of aromatic nitrogens is 1. The Morgan fingerprint density at radius 1 is 0.855 bits per heavy atom. The molecule has 2 bridgehead atoms. The van der Waals surface area contributed by atoms with Crippen LogP contribution in [0.15, 0.2) is 60.8 Å². The van der Waals surface area contributed by atoms with Crippen molar-refractivity contribution in [3.8, 4) is 40.6 Å². The normalized spacial score (nSPS) is 20.8. The number of nitriles is 1. The highest BCUT2D eigenvalue weighted by molar-refractivity contribution is 5.88. The molecule has 15 nitrogen and oxygen atoms in total. The molecule has 324 valence electrons. The van der Waals surface area contributed by atoms with E-state index < -0.39 is 42.2 Å². The molecule has 62 heavy (non-hydrogen) atoms. The number of phenols is 2. The first-order chi connectivity index (χ1) is 30.0. The number of aromatic amines is 1. The molecule has 0 unspecified atom stereocenters. The fourth-order valence-electron chi connectivity index (χ4n) is 10.4. The summed E-state index contributed by atoms with van der Waals surface area (Å²) in [4.78, 5) is 35.5. The molecule has 1 aromatic heterocycles. The van der Waals surface area contributed by atoms with Gasteiger partial charge in [-0.3, -0.25) is 14.6 Å². The standard InChI is InChI=1S/C47H52N6O9/c1-24-42(58-4)29-19-34-39-38-30(43(59-5)25(2)45(61-7)41(38)55)18-33(52(39)3)35(20-48)53(34)36(37(29)40(54)44(24)60-6)22-50-46(56)32(17-27-21-49-31-16-12-11-15-28(27)31)51-47(57)62-23-26-13-9-8-10-14-26/h8-16,21,32-36,39,49,54-55H,17-19,22-23H2,1-7H3,(H,50,56)(H,51,57)/t32-,33-,34-,35-,36-,39-/m0/s1. The maximum atomic E-state index is 14.6. The molecule has 4 aromatic carbocycles. The molecule has 4 heterocycles. The molecular weight excluding hydrogens is 793 g/mol. The Morgan fingerprint density at radius 2 is 1.45 bits per heavy atom. The van der Waals surface area contributed by atoms with Crippen LogP contribution in [0.3, 0.4) is 0 Å². The predicted molar refractivity (Wildman–Crippen MR) is 230 cm³/mol. The Balaban J connectivity index is 1.21. The number of nitrogens with one attached hydrogen (secondary N) is 3. The smallest absolute Gasteiger partial charge is 0.408 e. The van der Waals surface area contributed by atoms with Crippen LogP contribution in [-0.4, -0.2) is 103 Å². The molecule has 1 saturated heterocycles. The number of hydrogen-bond donors (Lipinski definition) is 5. The highest BCUT2D eigenvalue weighted by Crippen LogP contribution is 2.58. The van der Waals surface area contributed by atoms with Crippen LogP contribution >= 0.6 is 0 Å². The van der Waals surface area contributed by atoms with Crippen LogP contribution < -0.4 is 29.6 Å². The SMILES string of the molecule is COc1c(C)c(OC)c2c(c1O)[C@@H]1[C@@H]3Cc4c(OC)c(C)c(OC)c(O)c4[C@H](CNC(=O)[C@H](Cc4c[nH]c5ccccc45)NC(=O)OCc4ccccc4)N3[C@@H](C#N)[C@H](C2)N1C. The van der Waals surface area contributed by atoms with E-state index in [1.165, 1.54) is 14.2 Å². The lowest BCUT2D eigenvalue weighted by Gasteiger charge is -2.60. The summed E-state index contributed by atoms with van der Waals surface area (Å²) in [6.07, 6.45) is 1.85. The number of benzene rings is 4. The number of phenolic OH excluding ortho intramolecular Hbond substituents is 2. The Labute approximate surface area is 360 Å². The minimum absolute atomic E-state index is 0.00632. The number of hydrogen-bond acceptors (Lipinski definition) is 12. The predicted octanol–water partition coefficient (Wildman–Crippen LogP) is 5.66. The van der Waals surface area contributed by atoms with Gasteiger partial charge in [0.05, 0.1) is 46.6 Å². The maximum absolute atomic E-state index is 14.6. The number of fused-ring (bicyclic) bond motifs is 8. The maximum Gasteiger partial charge on any atom is 0.408 e. The zero-order valence-corrected chi connectivity index (χ0v) is 35.9. The molecule has 3 aliphatic rings. The van der Waals surface area contributed by atoms with Gasteiger partial charge in [-0.2, -0.15) is 5.26 Å². The summed E-state index contributed by atoms with van der Waals surface area (Å²) in [6.45, 7) is 3.56. The molecule has 15 heteroatoms. The number of piperazine rings is 1. The van der Waals surface area contributed by atoms with Crippen molar-refractivity contribution in [2.24, 2.45) is 0 Å². The number of ether oxygens (including phenoxy) is 5. The summed E-state index contributed by atoms with van der Waals surface area (Å²) in [6, 6.07) is 15.5. The summed E-state index contributed by atoms with van der Waals surface area (Å²) in [5.41, 5.74) is 6.30. The summed E-state index contributed by atoms with van der Waals surface area (Å²) >= 11 is 0. The molecule has 5 aromatic rings. The quantitative estimate of drug-likeness (QED) is 0.104. The van der Waals surface area contributed by atoms with Crippen LogP contribution in [0.25, 0.3) is 10.9 Å². The zero-order chi connectivity index (χ0) is 44.0. The van der Waals surface area contributed by atoms with Crippen LogP contribution in [0.1, 0.15) is 56.6 Å². The van der Waals surface area contributed by atoms with Crippen molar-refractivity contribution in [2.75, 3.05) is 42.0 Å². The number of rotatable bonds is 12. The molecule has 1 fully saturated rings. The third kappa shape index (κ3) is 6.93. The molecule has 0 saturated carbocycles. The average molecular weight is 845 g/mol. The van der Waals surface area contributed by atoms with Crippen molar-refractivity contribution < 1.29 is 43.5 Å². The minimum atomic E-state index is -1.09. The number of carbonyl (C=O) groups excluding carboxylic acids is 2. The highest BCUT2D eigenvalue weighted by Gasteiger charge is 2.57. The molecule has 6 atom stereocenters. The van der Waals surface area contributed by atoms with E-state index in [-0.39, 0.29) is 42.9 Å². The average Bonchev–Trinajstić information content (AvgIpc) is 3.68. The second kappa shape index (κ2) is 17.0. The van der Waals surface area contributed by atoms with Crippen molar-refractivity contribution in [1.29, 1.82) is 5.26 Å². The lowest BCUT2D eigenvalue weighted by Crippen LogP contribution is -2.69. The summed E-state index contributed by atoms with van der Waals surface area (Å²) in [5, 5.41) is 42.1. The molecule has 0 spiro atoms. The fourth-order valence-corrected chi connectivity index (χ4v) is 10.4. The number of amides is 2. The number of aromatic hydroxyl groups is 2. The monoisotopic (exact) mass is 844 g/mol.